The van der Waals surface area contributed by atoms with Gasteiger partial charge in [-0.3, -0.25) is 4.90 Å². The van der Waals surface area contributed by atoms with Crippen molar-refractivity contribution in [3.05, 3.63) is 59.7 Å². The first kappa shape index (κ1) is 21.6. The molecule has 2 heterocycles. The first-order chi connectivity index (χ1) is 11.8. The molecule has 5 heteroatoms. The predicted octanol–water partition coefficient (Wildman–Crippen LogP) is 5.30. The minimum atomic E-state index is 0. The monoisotopic (exact) mass is 410 g/mol. The average molecular weight is 411 g/mol. The van der Waals surface area contributed by atoms with Crippen LogP contribution >= 0.6 is 36.6 Å². The van der Waals surface area contributed by atoms with Crippen molar-refractivity contribution in [2.45, 2.75) is 41.6 Å². The number of likely N-dealkylation sites (N-methyl/N-ethyl adjacent to an activating group) is 1. The number of rotatable bonds is 3. The normalized spacial score (nSPS) is 22.0. The topological polar surface area (TPSA) is 6.48 Å². The van der Waals surface area contributed by atoms with Crippen LogP contribution in [-0.4, -0.2) is 42.5 Å². The van der Waals surface area contributed by atoms with E-state index in [0.29, 0.717) is 12.1 Å². The van der Waals surface area contributed by atoms with Gasteiger partial charge in [0.15, 0.2) is 0 Å². The molecule has 0 radical (unpaired) electrons. The van der Waals surface area contributed by atoms with Crippen LogP contribution in [0.25, 0.3) is 0 Å². The first-order valence-electron chi connectivity index (χ1n) is 9.05. The number of benzene rings is 2. The van der Waals surface area contributed by atoms with Crippen LogP contribution in [0.15, 0.2) is 58.3 Å². The summed E-state index contributed by atoms with van der Waals surface area (Å²) in [7, 11) is 2.26. The largest absolute Gasteiger partial charge is 0.302 e. The Labute approximate surface area is 174 Å². The van der Waals surface area contributed by atoms with Crippen LogP contribution in [0.5, 0.6) is 0 Å². The van der Waals surface area contributed by atoms with Gasteiger partial charge in [0.2, 0.25) is 0 Å². The minimum absolute atomic E-state index is 0. The average Bonchev–Trinajstić information content (AvgIpc) is 3.04. The summed E-state index contributed by atoms with van der Waals surface area (Å²) in [5.41, 5.74) is 3.01. The highest BCUT2D eigenvalue weighted by atomic mass is 35.5. The predicted molar refractivity (Wildman–Crippen MR) is 116 cm³/mol. The lowest BCUT2D eigenvalue weighted by Crippen LogP contribution is -2.36. The Morgan fingerprint density at radius 1 is 1.04 bits per heavy atom. The number of fused-ring (bicyclic) bond motifs is 2. The summed E-state index contributed by atoms with van der Waals surface area (Å²) in [6.07, 6.45) is 2.42. The lowest BCUT2D eigenvalue weighted by molar-refractivity contribution is 0.202. The van der Waals surface area contributed by atoms with Gasteiger partial charge in [-0.05, 0) is 49.7 Å². The van der Waals surface area contributed by atoms with E-state index in [1.54, 1.807) is 0 Å². The van der Waals surface area contributed by atoms with Crippen molar-refractivity contribution < 1.29 is 0 Å². The summed E-state index contributed by atoms with van der Waals surface area (Å²) in [6, 6.07) is 19.2. The molecule has 1 saturated heterocycles. The minimum Gasteiger partial charge on any atom is -0.302 e. The number of halogens is 2. The maximum atomic E-state index is 2.72. The molecular weight excluding hydrogens is 383 g/mol. The van der Waals surface area contributed by atoms with Crippen LogP contribution in [0.1, 0.15) is 30.5 Å². The molecule has 2 aromatic rings. The quantitative estimate of drug-likeness (QED) is 0.676. The second-order valence-electron chi connectivity index (χ2n) is 6.98. The number of hydrogen-bond acceptors (Lipinski definition) is 3. The molecule has 1 fully saturated rings. The third-order valence-electron chi connectivity index (χ3n) is 5.64. The molecule has 26 heavy (non-hydrogen) atoms. The van der Waals surface area contributed by atoms with E-state index in [1.165, 1.54) is 40.4 Å². The summed E-state index contributed by atoms with van der Waals surface area (Å²) >= 11 is 1.94. The van der Waals surface area contributed by atoms with Crippen molar-refractivity contribution >= 4 is 36.6 Å². The van der Waals surface area contributed by atoms with Gasteiger partial charge in [-0.1, -0.05) is 55.1 Å². The van der Waals surface area contributed by atoms with Crippen molar-refractivity contribution in [3.8, 4) is 0 Å². The summed E-state index contributed by atoms with van der Waals surface area (Å²) < 4.78 is 0. The summed E-state index contributed by atoms with van der Waals surface area (Å²) in [6.45, 7) is 5.80. The Hall–Kier alpha value is -0.710. The van der Waals surface area contributed by atoms with Crippen molar-refractivity contribution in [1.82, 2.24) is 9.80 Å². The zero-order chi connectivity index (χ0) is 16.5. The molecule has 2 atom stereocenters. The van der Waals surface area contributed by atoms with Crippen LogP contribution in [0.2, 0.25) is 0 Å². The Balaban J connectivity index is 0.00000121. The van der Waals surface area contributed by atoms with Gasteiger partial charge in [-0.25, -0.2) is 0 Å². The summed E-state index contributed by atoms with van der Waals surface area (Å²) in [5, 5.41) is 0. The standard InChI is InChI=1S/C21H26N2S.2ClH/c1-3-22(2)17-12-13-23(15-17)19-14-16-8-4-6-10-20(16)24-21-11-7-5-9-18(19)21;;/h4-11,17,19H,3,12-15H2,1-2H3;2*1H/t17?,19-;;/m1../s1. The maximum absolute atomic E-state index is 2.72. The van der Waals surface area contributed by atoms with Gasteiger partial charge in [0.05, 0.1) is 0 Å². The Bertz CT molecular complexity index is 725. The molecule has 0 aromatic heterocycles. The van der Waals surface area contributed by atoms with Crippen molar-refractivity contribution in [1.29, 1.82) is 0 Å². The SMILES string of the molecule is CCN(C)C1CCN([C@@H]2Cc3ccccc3Sc3ccccc32)C1.Cl.Cl. The highest BCUT2D eigenvalue weighted by Crippen LogP contribution is 2.43. The van der Waals surface area contributed by atoms with Gasteiger partial charge >= 0.3 is 0 Å². The molecule has 0 bridgehead atoms. The van der Waals surface area contributed by atoms with Crippen molar-refractivity contribution in [2.75, 3.05) is 26.7 Å². The molecule has 0 saturated carbocycles. The fourth-order valence-corrected chi connectivity index (χ4v) is 5.19. The van der Waals surface area contributed by atoms with E-state index in [0.717, 1.165) is 13.0 Å². The van der Waals surface area contributed by atoms with Crippen molar-refractivity contribution in [2.24, 2.45) is 0 Å². The van der Waals surface area contributed by atoms with Crippen LogP contribution in [0, 0.1) is 0 Å². The summed E-state index contributed by atoms with van der Waals surface area (Å²) in [5.74, 6) is 0. The molecule has 2 aromatic carbocycles. The van der Waals surface area contributed by atoms with E-state index < -0.39 is 0 Å². The zero-order valence-electron chi connectivity index (χ0n) is 15.4. The second-order valence-corrected chi connectivity index (χ2v) is 8.06. The zero-order valence-corrected chi connectivity index (χ0v) is 17.9. The Morgan fingerprint density at radius 3 is 2.50 bits per heavy atom. The van der Waals surface area contributed by atoms with Crippen LogP contribution in [0.4, 0.5) is 0 Å². The molecule has 0 spiro atoms. The van der Waals surface area contributed by atoms with Crippen LogP contribution < -0.4 is 0 Å². The summed E-state index contributed by atoms with van der Waals surface area (Å²) in [4.78, 5) is 8.08. The van der Waals surface area contributed by atoms with E-state index in [-0.39, 0.29) is 24.8 Å². The molecular formula is C21H28Cl2N2S. The molecule has 2 nitrogen and oxygen atoms in total. The Kier molecular flexibility index (Phi) is 7.87. The van der Waals surface area contributed by atoms with E-state index in [1.807, 2.05) is 11.8 Å². The third kappa shape index (κ3) is 4.23. The lowest BCUT2D eigenvalue weighted by Gasteiger charge is -2.30. The van der Waals surface area contributed by atoms with Gasteiger partial charge in [-0.15, -0.1) is 24.8 Å². The number of hydrogen-bond donors (Lipinski definition) is 0. The fraction of sp³-hybridized carbons (Fsp3) is 0.429. The van der Waals surface area contributed by atoms with Crippen molar-refractivity contribution in [3.63, 3.8) is 0 Å². The molecule has 2 aliphatic heterocycles. The van der Waals surface area contributed by atoms with Crippen LogP contribution in [-0.2, 0) is 6.42 Å². The first-order valence-corrected chi connectivity index (χ1v) is 9.87. The van der Waals surface area contributed by atoms with Gasteiger partial charge < -0.3 is 4.90 Å². The molecule has 4 rings (SSSR count). The van der Waals surface area contributed by atoms with E-state index >= 15 is 0 Å². The van der Waals surface area contributed by atoms with E-state index in [4.69, 9.17) is 0 Å². The number of nitrogens with zero attached hydrogens (tertiary/aromatic N) is 2. The van der Waals surface area contributed by atoms with Gasteiger partial charge in [0.25, 0.3) is 0 Å². The van der Waals surface area contributed by atoms with Gasteiger partial charge in [0.1, 0.15) is 0 Å². The smallest absolute Gasteiger partial charge is 0.0400 e. The second kappa shape index (κ2) is 9.48. The highest BCUT2D eigenvalue weighted by Gasteiger charge is 2.33. The molecule has 0 N–H and O–H groups in total. The third-order valence-corrected chi connectivity index (χ3v) is 6.85. The maximum Gasteiger partial charge on any atom is 0.0400 e. The fourth-order valence-electron chi connectivity index (χ4n) is 4.05. The van der Waals surface area contributed by atoms with E-state index in [2.05, 4.69) is 72.3 Å². The lowest BCUT2D eigenvalue weighted by atomic mass is 9.97. The highest BCUT2D eigenvalue weighted by molar-refractivity contribution is 7.99. The van der Waals surface area contributed by atoms with Gasteiger partial charge in [-0.2, -0.15) is 0 Å². The van der Waals surface area contributed by atoms with Crippen LogP contribution in [0.3, 0.4) is 0 Å². The molecule has 1 unspecified atom stereocenters. The molecule has 2 aliphatic rings. The molecule has 0 aliphatic carbocycles. The molecule has 0 amide bonds. The van der Waals surface area contributed by atoms with Gasteiger partial charge in [0, 0.05) is 35.0 Å². The van der Waals surface area contributed by atoms with E-state index in [9.17, 15) is 0 Å². The Morgan fingerprint density at radius 2 is 1.73 bits per heavy atom. The molecule has 142 valence electrons. The number of likely N-dealkylation sites (tertiary alicyclic amines) is 1.